The molecule has 0 unspecified atom stereocenters. The molecule has 0 radical (unpaired) electrons. The number of nitrogens with one attached hydrogen (secondary N) is 1. The predicted molar refractivity (Wildman–Crippen MR) is 93.6 cm³/mol. The van der Waals surface area contributed by atoms with Gasteiger partial charge in [-0.25, -0.2) is 0 Å². The lowest BCUT2D eigenvalue weighted by Gasteiger charge is -2.12. The van der Waals surface area contributed by atoms with E-state index in [-0.39, 0.29) is 0 Å². The van der Waals surface area contributed by atoms with Crippen molar-refractivity contribution in [1.82, 2.24) is 5.32 Å². The molecule has 2 rings (SSSR count). The van der Waals surface area contributed by atoms with Crippen molar-refractivity contribution in [2.75, 3.05) is 6.54 Å². The Morgan fingerprint density at radius 3 is 2.52 bits per heavy atom. The zero-order chi connectivity index (χ0) is 15.2. The van der Waals surface area contributed by atoms with Gasteiger partial charge in [-0.05, 0) is 42.3 Å². The van der Waals surface area contributed by atoms with Gasteiger partial charge in [0.25, 0.3) is 0 Å². The van der Waals surface area contributed by atoms with E-state index in [1.165, 1.54) is 10.5 Å². The first kappa shape index (κ1) is 16.7. The standard InChI is InChI=1S/C17H19Cl2NS/c1-12(2)10-20-11-13-5-3-4-6-17(13)21-14-7-8-15(18)16(19)9-14/h3-9,12,20H,10-11H2,1-2H3. The molecule has 0 aromatic heterocycles. The van der Waals surface area contributed by atoms with Crippen LogP contribution in [-0.2, 0) is 6.54 Å². The van der Waals surface area contributed by atoms with Crippen molar-refractivity contribution in [2.45, 2.75) is 30.2 Å². The number of hydrogen-bond donors (Lipinski definition) is 1. The summed E-state index contributed by atoms with van der Waals surface area (Å²) in [7, 11) is 0. The Kier molecular flexibility index (Phi) is 6.43. The normalized spacial score (nSPS) is 11.1. The first-order chi connectivity index (χ1) is 10.1. The van der Waals surface area contributed by atoms with Crippen LogP contribution in [-0.4, -0.2) is 6.54 Å². The Bertz CT molecular complexity index is 599. The molecule has 0 aliphatic heterocycles. The molecule has 0 amide bonds. The molecule has 21 heavy (non-hydrogen) atoms. The summed E-state index contributed by atoms with van der Waals surface area (Å²) in [5, 5.41) is 4.67. The minimum Gasteiger partial charge on any atom is -0.312 e. The minimum atomic E-state index is 0.591. The second-order valence-electron chi connectivity index (χ2n) is 5.31. The van der Waals surface area contributed by atoms with Crippen LogP contribution in [0.1, 0.15) is 19.4 Å². The second kappa shape index (κ2) is 8.09. The Balaban J connectivity index is 2.10. The van der Waals surface area contributed by atoms with Gasteiger partial charge in [-0.2, -0.15) is 0 Å². The Hall–Kier alpha value is -0.670. The first-order valence-electron chi connectivity index (χ1n) is 6.98. The Labute approximate surface area is 141 Å². The van der Waals surface area contributed by atoms with Gasteiger partial charge in [0.05, 0.1) is 10.0 Å². The van der Waals surface area contributed by atoms with E-state index >= 15 is 0 Å². The fraction of sp³-hybridized carbons (Fsp3) is 0.294. The molecule has 2 aromatic carbocycles. The number of hydrogen-bond acceptors (Lipinski definition) is 2. The summed E-state index contributed by atoms with van der Waals surface area (Å²) >= 11 is 13.8. The molecule has 0 heterocycles. The SMILES string of the molecule is CC(C)CNCc1ccccc1Sc1ccc(Cl)c(Cl)c1. The van der Waals surface area contributed by atoms with E-state index in [0.717, 1.165) is 18.0 Å². The zero-order valence-electron chi connectivity index (χ0n) is 12.2. The van der Waals surface area contributed by atoms with E-state index in [1.54, 1.807) is 11.8 Å². The lowest BCUT2D eigenvalue weighted by atomic mass is 10.2. The molecule has 0 aliphatic rings. The maximum Gasteiger partial charge on any atom is 0.0603 e. The van der Waals surface area contributed by atoms with Crippen LogP contribution in [0, 0.1) is 5.92 Å². The molecule has 1 nitrogen and oxygen atoms in total. The summed E-state index contributed by atoms with van der Waals surface area (Å²) in [6.45, 7) is 6.32. The summed E-state index contributed by atoms with van der Waals surface area (Å²) in [6.07, 6.45) is 0. The highest BCUT2D eigenvalue weighted by molar-refractivity contribution is 7.99. The van der Waals surface area contributed by atoms with Crippen LogP contribution in [0.25, 0.3) is 0 Å². The van der Waals surface area contributed by atoms with Crippen LogP contribution < -0.4 is 5.32 Å². The smallest absolute Gasteiger partial charge is 0.0603 e. The molecule has 2 aromatic rings. The van der Waals surface area contributed by atoms with Gasteiger partial charge in [0.2, 0.25) is 0 Å². The third-order valence-corrected chi connectivity index (χ3v) is 4.81. The van der Waals surface area contributed by atoms with Crippen molar-refractivity contribution in [2.24, 2.45) is 5.92 Å². The molecular formula is C17H19Cl2NS. The van der Waals surface area contributed by atoms with Gasteiger partial charge in [0, 0.05) is 16.3 Å². The molecule has 0 fully saturated rings. The van der Waals surface area contributed by atoms with Gasteiger partial charge in [-0.15, -0.1) is 0 Å². The minimum absolute atomic E-state index is 0.591. The molecule has 112 valence electrons. The van der Waals surface area contributed by atoms with Crippen molar-refractivity contribution in [3.05, 3.63) is 58.1 Å². The fourth-order valence-corrected chi connectivity index (χ4v) is 3.26. The van der Waals surface area contributed by atoms with E-state index < -0.39 is 0 Å². The lowest BCUT2D eigenvalue weighted by molar-refractivity contribution is 0.550. The summed E-state index contributed by atoms with van der Waals surface area (Å²) in [4.78, 5) is 2.34. The van der Waals surface area contributed by atoms with E-state index in [2.05, 4.69) is 43.4 Å². The number of rotatable bonds is 6. The fourth-order valence-electron chi connectivity index (χ4n) is 1.91. The number of benzene rings is 2. The van der Waals surface area contributed by atoms with Crippen LogP contribution in [0.5, 0.6) is 0 Å². The van der Waals surface area contributed by atoms with Crippen molar-refractivity contribution in [1.29, 1.82) is 0 Å². The van der Waals surface area contributed by atoms with Crippen molar-refractivity contribution in [3.8, 4) is 0 Å². The van der Waals surface area contributed by atoms with E-state index in [9.17, 15) is 0 Å². The third kappa shape index (κ3) is 5.23. The van der Waals surface area contributed by atoms with Crippen molar-refractivity contribution in [3.63, 3.8) is 0 Å². The molecule has 4 heteroatoms. The van der Waals surface area contributed by atoms with Gasteiger partial charge >= 0.3 is 0 Å². The molecule has 0 spiro atoms. The van der Waals surface area contributed by atoms with Gasteiger partial charge in [-0.1, -0.05) is 67.0 Å². The molecule has 0 saturated carbocycles. The van der Waals surface area contributed by atoms with Crippen molar-refractivity contribution < 1.29 is 0 Å². The Morgan fingerprint density at radius 2 is 1.81 bits per heavy atom. The summed E-state index contributed by atoms with van der Waals surface area (Å²) < 4.78 is 0. The largest absolute Gasteiger partial charge is 0.312 e. The van der Waals surface area contributed by atoms with Gasteiger partial charge < -0.3 is 5.32 Å². The number of halogens is 2. The average molecular weight is 340 g/mol. The van der Waals surface area contributed by atoms with Crippen LogP contribution in [0.3, 0.4) is 0 Å². The first-order valence-corrected chi connectivity index (χ1v) is 8.55. The second-order valence-corrected chi connectivity index (χ2v) is 7.24. The van der Waals surface area contributed by atoms with Gasteiger partial charge in [0.1, 0.15) is 0 Å². The molecule has 0 bridgehead atoms. The molecule has 0 saturated heterocycles. The van der Waals surface area contributed by atoms with Crippen LogP contribution in [0.4, 0.5) is 0 Å². The van der Waals surface area contributed by atoms with Gasteiger partial charge in [0.15, 0.2) is 0 Å². The monoisotopic (exact) mass is 339 g/mol. The Morgan fingerprint density at radius 1 is 1.05 bits per heavy atom. The van der Waals surface area contributed by atoms with Crippen molar-refractivity contribution >= 4 is 35.0 Å². The zero-order valence-corrected chi connectivity index (χ0v) is 14.5. The van der Waals surface area contributed by atoms with E-state index in [0.29, 0.717) is 16.0 Å². The molecular weight excluding hydrogens is 321 g/mol. The summed E-state index contributed by atoms with van der Waals surface area (Å²) in [6, 6.07) is 14.2. The highest BCUT2D eigenvalue weighted by Gasteiger charge is 2.06. The van der Waals surface area contributed by atoms with E-state index in [4.69, 9.17) is 23.2 Å². The van der Waals surface area contributed by atoms with Crippen LogP contribution in [0.2, 0.25) is 10.0 Å². The van der Waals surface area contributed by atoms with Gasteiger partial charge in [-0.3, -0.25) is 0 Å². The summed E-state index contributed by atoms with van der Waals surface area (Å²) in [5.41, 5.74) is 1.30. The highest BCUT2D eigenvalue weighted by atomic mass is 35.5. The quantitative estimate of drug-likeness (QED) is 0.704. The topological polar surface area (TPSA) is 12.0 Å². The maximum atomic E-state index is 6.08. The van der Waals surface area contributed by atoms with Crippen LogP contribution >= 0.6 is 35.0 Å². The predicted octanol–water partition coefficient (Wildman–Crippen LogP) is 5.89. The average Bonchev–Trinajstić information content (AvgIpc) is 2.44. The third-order valence-electron chi connectivity index (χ3n) is 2.96. The molecule has 0 aliphatic carbocycles. The lowest BCUT2D eigenvalue weighted by Crippen LogP contribution is -2.19. The van der Waals surface area contributed by atoms with Crippen LogP contribution in [0.15, 0.2) is 52.3 Å². The summed E-state index contributed by atoms with van der Waals surface area (Å²) in [5.74, 6) is 0.653. The highest BCUT2D eigenvalue weighted by Crippen LogP contribution is 2.34. The molecule has 0 atom stereocenters. The van der Waals surface area contributed by atoms with E-state index in [1.807, 2.05) is 18.2 Å². The molecule has 1 N–H and O–H groups in total. The maximum absolute atomic E-state index is 6.08.